The second-order valence-electron chi connectivity index (χ2n) is 6.10. The fourth-order valence-electron chi connectivity index (χ4n) is 1.67. The summed E-state index contributed by atoms with van der Waals surface area (Å²) in [5.41, 5.74) is 0.196. The van der Waals surface area contributed by atoms with Crippen molar-refractivity contribution in [1.82, 2.24) is 19.8 Å². The molecule has 1 rings (SSSR count). The largest absolute Gasteiger partial charge is 0.444 e. The van der Waals surface area contributed by atoms with E-state index in [1.165, 1.54) is 4.90 Å². The van der Waals surface area contributed by atoms with Gasteiger partial charge in [-0.25, -0.2) is 9.78 Å². The van der Waals surface area contributed by atoms with Crippen LogP contribution in [0.3, 0.4) is 0 Å². The summed E-state index contributed by atoms with van der Waals surface area (Å²) in [4.78, 5) is 29.1. The maximum absolute atomic E-state index is 11.8. The zero-order chi connectivity index (χ0) is 16.2. The molecule has 0 aromatic carbocycles. The summed E-state index contributed by atoms with van der Waals surface area (Å²) in [6.07, 6.45) is 2.70. The zero-order valence-electron chi connectivity index (χ0n) is 13.5. The normalized spacial score (nSPS) is 12.7. The Hall–Kier alpha value is -2.05. The molecule has 0 bridgehead atoms. The van der Waals surface area contributed by atoms with Crippen LogP contribution in [0.4, 0.5) is 4.79 Å². The highest BCUT2D eigenvalue weighted by Gasteiger charge is 2.20. The van der Waals surface area contributed by atoms with Gasteiger partial charge in [0.2, 0.25) is 5.91 Å². The molecule has 0 aliphatic carbocycles. The molecular formula is C14H24N4O3. The number of alkyl carbamates (subject to hydrolysis) is 1. The van der Waals surface area contributed by atoms with Crippen LogP contribution in [-0.4, -0.2) is 46.1 Å². The van der Waals surface area contributed by atoms with Crippen LogP contribution in [0.25, 0.3) is 0 Å². The van der Waals surface area contributed by atoms with E-state index in [2.05, 4.69) is 10.3 Å². The first-order chi connectivity index (χ1) is 9.60. The fourth-order valence-corrected chi connectivity index (χ4v) is 1.67. The Morgan fingerprint density at radius 2 is 2.05 bits per heavy atom. The summed E-state index contributed by atoms with van der Waals surface area (Å²) in [5.74, 6) is -0.0429. The molecule has 1 heterocycles. The number of imidazole rings is 1. The van der Waals surface area contributed by atoms with E-state index in [9.17, 15) is 9.59 Å². The van der Waals surface area contributed by atoms with Crippen LogP contribution < -0.4 is 5.32 Å². The number of hydrogen-bond acceptors (Lipinski definition) is 4. The van der Waals surface area contributed by atoms with Gasteiger partial charge < -0.3 is 19.5 Å². The van der Waals surface area contributed by atoms with Gasteiger partial charge in [0.1, 0.15) is 12.1 Å². The van der Waals surface area contributed by atoms with E-state index < -0.39 is 11.7 Å². The third-order valence-electron chi connectivity index (χ3n) is 2.73. The summed E-state index contributed by atoms with van der Waals surface area (Å²) < 4.78 is 6.92. The predicted molar refractivity (Wildman–Crippen MR) is 78.7 cm³/mol. The van der Waals surface area contributed by atoms with Crippen molar-refractivity contribution < 1.29 is 14.3 Å². The average Bonchev–Trinajstić information content (AvgIpc) is 2.73. The van der Waals surface area contributed by atoms with Crippen molar-refractivity contribution in [1.29, 1.82) is 0 Å². The number of likely N-dealkylation sites (N-methyl/N-ethyl adjacent to an activating group) is 1. The van der Waals surface area contributed by atoms with Crippen molar-refractivity contribution >= 4 is 12.0 Å². The SMILES string of the molecule is C[C@@H](NC(=O)OC(C)(C)C)c1cncn1CC(=O)N(C)C. The predicted octanol–water partition coefficient (Wildman–Crippen LogP) is 1.56. The van der Waals surface area contributed by atoms with Crippen molar-refractivity contribution in [2.75, 3.05) is 14.1 Å². The van der Waals surface area contributed by atoms with E-state index in [4.69, 9.17) is 4.74 Å². The van der Waals surface area contributed by atoms with Crippen molar-refractivity contribution in [3.8, 4) is 0 Å². The molecule has 0 saturated heterocycles. The third-order valence-corrected chi connectivity index (χ3v) is 2.73. The van der Waals surface area contributed by atoms with Gasteiger partial charge in [0.15, 0.2) is 0 Å². The number of carbonyl (C=O) groups excluding carboxylic acids is 2. The van der Waals surface area contributed by atoms with Gasteiger partial charge in [0.05, 0.1) is 24.3 Å². The fraction of sp³-hybridized carbons (Fsp3) is 0.643. The van der Waals surface area contributed by atoms with Gasteiger partial charge in [-0.1, -0.05) is 0 Å². The van der Waals surface area contributed by atoms with Gasteiger partial charge in [0, 0.05) is 14.1 Å². The second kappa shape index (κ2) is 6.60. The van der Waals surface area contributed by atoms with Crippen molar-refractivity contribution in [2.45, 2.75) is 45.9 Å². The highest BCUT2D eigenvalue weighted by molar-refractivity contribution is 5.75. The number of carbonyl (C=O) groups is 2. The minimum absolute atomic E-state index is 0.0429. The van der Waals surface area contributed by atoms with Crippen molar-refractivity contribution in [3.05, 3.63) is 18.2 Å². The first kappa shape index (κ1) is 17.0. The molecule has 0 fully saturated rings. The molecule has 0 spiro atoms. The lowest BCUT2D eigenvalue weighted by Crippen LogP contribution is -2.35. The zero-order valence-corrected chi connectivity index (χ0v) is 13.5. The van der Waals surface area contributed by atoms with E-state index in [0.29, 0.717) is 0 Å². The molecular weight excluding hydrogens is 272 g/mol. The molecule has 0 aliphatic heterocycles. The lowest BCUT2D eigenvalue weighted by Gasteiger charge is -2.22. The summed E-state index contributed by atoms with van der Waals surface area (Å²) >= 11 is 0. The molecule has 7 nitrogen and oxygen atoms in total. The van der Waals surface area contributed by atoms with Crippen LogP contribution in [0.15, 0.2) is 12.5 Å². The number of nitrogens with one attached hydrogen (secondary N) is 1. The van der Waals surface area contributed by atoms with Gasteiger partial charge in [-0.3, -0.25) is 4.79 Å². The van der Waals surface area contributed by atoms with E-state index >= 15 is 0 Å². The molecule has 1 atom stereocenters. The lowest BCUT2D eigenvalue weighted by atomic mass is 10.2. The first-order valence-corrected chi connectivity index (χ1v) is 6.80. The minimum atomic E-state index is -0.551. The van der Waals surface area contributed by atoms with Crippen molar-refractivity contribution in [2.24, 2.45) is 0 Å². The van der Waals surface area contributed by atoms with Crippen LogP contribution in [0, 0.1) is 0 Å². The monoisotopic (exact) mass is 296 g/mol. The molecule has 7 heteroatoms. The van der Waals surface area contributed by atoms with E-state index in [0.717, 1.165) is 5.69 Å². The van der Waals surface area contributed by atoms with E-state index in [1.807, 2.05) is 6.92 Å². The van der Waals surface area contributed by atoms with E-state index in [1.54, 1.807) is 52.0 Å². The van der Waals surface area contributed by atoms with E-state index in [-0.39, 0.29) is 18.5 Å². The molecule has 2 amide bonds. The first-order valence-electron chi connectivity index (χ1n) is 6.80. The summed E-state index contributed by atoms with van der Waals surface area (Å²) in [6, 6.07) is -0.308. The Labute approximate surface area is 125 Å². The molecule has 118 valence electrons. The molecule has 0 unspecified atom stereocenters. The molecule has 1 N–H and O–H groups in total. The van der Waals surface area contributed by atoms with Gasteiger partial charge >= 0.3 is 6.09 Å². The van der Waals surface area contributed by atoms with Crippen LogP contribution in [0.1, 0.15) is 39.4 Å². The maximum atomic E-state index is 11.8. The van der Waals surface area contributed by atoms with Crippen LogP contribution in [-0.2, 0) is 16.1 Å². The van der Waals surface area contributed by atoms with Crippen molar-refractivity contribution in [3.63, 3.8) is 0 Å². The molecule has 1 aromatic heterocycles. The number of hydrogen-bond donors (Lipinski definition) is 1. The molecule has 1 aromatic rings. The minimum Gasteiger partial charge on any atom is -0.444 e. The molecule has 21 heavy (non-hydrogen) atoms. The number of rotatable bonds is 4. The summed E-state index contributed by atoms with van der Waals surface area (Å²) in [6.45, 7) is 7.41. The third kappa shape index (κ3) is 5.45. The van der Waals surface area contributed by atoms with Crippen LogP contribution >= 0.6 is 0 Å². The number of nitrogens with zero attached hydrogens (tertiary/aromatic N) is 3. The maximum Gasteiger partial charge on any atom is 0.408 e. The Morgan fingerprint density at radius 3 is 2.57 bits per heavy atom. The highest BCUT2D eigenvalue weighted by atomic mass is 16.6. The smallest absolute Gasteiger partial charge is 0.408 e. The van der Waals surface area contributed by atoms with Gasteiger partial charge in [-0.15, -0.1) is 0 Å². The number of amides is 2. The van der Waals surface area contributed by atoms with Crippen LogP contribution in [0.2, 0.25) is 0 Å². The Morgan fingerprint density at radius 1 is 1.43 bits per heavy atom. The number of ether oxygens (including phenoxy) is 1. The Balaban J connectivity index is 2.71. The summed E-state index contributed by atoms with van der Waals surface area (Å²) in [7, 11) is 3.39. The highest BCUT2D eigenvalue weighted by Crippen LogP contribution is 2.14. The van der Waals surface area contributed by atoms with Crippen LogP contribution in [0.5, 0.6) is 0 Å². The summed E-state index contributed by atoms with van der Waals surface area (Å²) in [5, 5.41) is 2.73. The Bertz CT molecular complexity index is 503. The molecule has 0 aliphatic rings. The second-order valence-corrected chi connectivity index (χ2v) is 6.10. The quantitative estimate of drug-likeness (QED) is 0.914. The van der Waals surface area contributed by atoms with Gasteiger partial charge in [0.25, 0.3) is 0 Å². The lowest BCUT2D eigenvalue weighted by molar-refractivity contribution is -0.129. The molecule has 0 saturated carbocycles. The standard InChI is InChI=1S/C14H24N4O3/c1-10(16-13(20)21-14(2,3)4)11-7-15-9-18(11)8-12(19)17(5)6/h7,9-10H,8H2,1-6H3,(H,16,20)/t10-/m1/s1. The Kier molecular flexibility index (Phi) is 5.34. The van der Waals surface area contributed by atoms with Gasteiger partial charge in [-0.2, -0.15) is 0 Å². The van der Waals surface area contributed by atoms with Gasteiger partial charge in [-0.05, 0) is 27.7 Å². The average molecular weight is 296 g/mol. The topological polar surface area (TPSA) is 76.5 Å². The molecule has 0 radical (unpaired) electrons. The number of aromatic nitrogens is 2.